The number of rotatable bonds is 6. The number of carbonyl (C=O) groups is 3. The first-order chi connectivity index (χ1) is 11.1. The molecular weight excluding hydrogens is 310 g/mol. The summed E-state index contributed by atoms with van der Waals surface area (Å²) in [6.07, 6.45) is -0.662. The molecule has 0 saturated heterocycles. The van der Waals surface area contributed by atoms with Gasteiger partial charge in [0.1, 0.15) is 11.6 Å². The highest BCUT2D eigenvalue weighted by Crippen LogP contribution is 2.12. The fourth-order valence-corrected chi connectivity index (χ4v) is 1.96. The molecular formula is C17H25N3O4. The molecule has 0 aromatic heterocycles. The normalized spacial score (nSPS) is 12.2. The average molecular weight is 335 g/mol. The van der Waals surface area contributed by atoms with E-state index >= 15 is 0 Å². The maximum atomic E-state index is 12.4. The number of hydrogen-bond acceptors (Lipinski definition) is 4. The van der Waals surface area contributed by atoms with Gasteiger partial charge in [0.05, 0.1) is 0 Å². The van der Waals surface area contributed by atoms with Crippen molar-refractivity contribution in [2.45, 2.75) is 52.2 Å². The molecule has 24 heavy (non-hydrogen) atoms. The van der Waals surface area contributed by atoms with Gasteiger partial charge >= 0.3 is 6.09 Å². The molecule has 1 unspecified atom stereocenters. The molecule has 0 bridgehead atoms. The van der Waals surface area contributed by atoms with Gasteiger partial charge in [0.15, 0.2) is 0 Å². The lowest BCUT2D eigenvalue weighted by Crippen LogP contribution is -2.46. The van der Waals surface area contributed by atoms with Crippen LogP contribution in [-0.4, -0.2) is 29.6 Å². The lowest BCUT2D eigenvalue weighted by molar-refractivity contribution is -0.119. The van der Waals surface area contributed by atoms with Crippen molar-refractivity contribution < 1.29 is 19.1 Å². The molecule has 1 atom stereocenters. The van der Waals surface area contributed by atoms with E-state index in [0.717, 1.165) is 5.56 Å². The predicted octanol–water partition coefficient (Wildman–Crippen LogP) is 2.09. The van der Waals surface area contributed by atoms with Crippen molar-refractivity contribution in [1.82, 2.24) is 5.32 Å². The fourth-order valence-electron chi connectivity index (χ4n) is 1.96. The Morgan fingerprint density at radius 2 is 1.92 bits per heavy atom. The molecule has 0 saturated carbocycles. The van der Waals surface area contributed by atoms with Gasteiger partial charge in [0.2, 0.25) is 11.8 Å². The molecule has 0 aliphatic heterocycles. The van der Waals surface area contributed by atoms with Crippen LogP contribution in [0.25, 0.3) is 0 Å². The third kappa shape index (κ3) is 7.62. The van der Waals surface area contributed by atoms with Crippen LogP contribution in [0.1, 0.15) is 39.2 Å². The van der Waals surface area contributed by atoms with Gasteiger partial charge in [0.25, 0.3) is 0 Å². The minimum atomic E-state index is -0.923. The van der Waals surface area contributed by atoms with Crippen molar-refractivity contribution in [3.8, 4) is 0 Å². The number of hydrogen-bond donors (Lipinski definition) is 3. The zero-order valence-corrected chi connectivity index (χ0v) is 14.5. The smallest absolute Gasteiger partial charge is 0.408 e. The summed E-state index contributed by atoms with van der Waals surface area (Å²) in [6.45, 7) is 7.06. The number of nitrogens with two attached hydrogens (primary N) is 1. The number of ether oxygens (including phenoxy) is 1. The van der Waals surface area contributed by atoms with Gasteiger partial charge in [-0.2, -0.15) is 0 Å². The number of anilines is 1. The maximum absolute atomic E-state index is 12.4. The van der Waals surface area contributed by atoms with Gasteiger partial charge in [-0.05, 0) is 51.8 Å². The van der Waals surface area contributed by atoms with Crippen molar-refractivity contribution in [2.75, 3.05) is 5.32 Å². The number of carbonyl (C=O) groups excluding carboxylic acids is 3. The second kappa shape index (κ2) is 8.33. The van der Waals surface area contributed by atoms with E-state index in [4.69, 9.17) is 10.5 Å². The highest BCUT2D eigenvalue weighted by Gasteiger charge is 2.24. The Kier molecular flexibility index (Phi) is 6.76. The summed E-state index contributed by atoms with van der Waals surface area (Å²) in [5, 5.41) is 5.20. The van der Waals surface area contributed by atoms with Crippen LogP contribution in [0.5, 0.6) is 0 Å². The first-order valence-electron chi connectivity index (χ1n) is 7.72. The highest BCUT2D eigenvalue weighted by atomic mass is 16.6. The second-order valence-electron chi connectivity index (χ2n) is 6.56. The van der Waals surface area contributed by atoms with Crippen molar-refractivity contribution in [1.29, 1.82) is 0 Å². The molecule has 7 heteroatoms. The van der Waals surface area contributed by atoms with Crippen LogP contribution >= 0.6 is 0 Å². The van der Waals surface area contributed by atoms with Crippen LogP contribution in [0.4, 0.5) is 10.5 Å². The van der Waals surface area contributed by atoms with Crippen LogP contribution in [-0.2, 0) is 14.3 Å². The van der Waals surface area contributed by atoms with Gasteiger partial charge in [-0.15, -0.1) is 0 Å². The van der Waals surface area contributed by atoms with E-state index in [1.165, 1.54) is 0 Å². The largest absolute Gasteiger partial charge is 0.444 e. The molecule has 0 aliphatic carbocycles. The second-order valence-corrected chi connectivity index (χ2v) is 6.56. The summed E-state index contributed by atoms with van der Waals surface area (Å²) >= 11 is 0. The van der Waals surface area contributed by atoms with E-state index in [-0.39, 0.29) is 12.8 Å². The topological polar surface area (TPSA) is 111 Å². The third-order valence-corrected chi connectivity index (χ3v) is 2.97. The van der Waals surface area contributed by atoms with Gasteiger partial charge in [-0.1, -0.05) is 12.1 Å². The van der Waals surface area contributed by atoms with Gasteiger partial charge in [0, 0.05) is 12.1 Å². The zero-order chi connectivity index (χ0) is 18.3. The van der Waals surface area contributed by atoms with Gasteiger partial charge in [-0.25, -0.2) is 4.79 Å². The molecule has 1 aromatic carbocycles. The molecule has 1 aromatic rings. The van der Waals surface area contributed by atoms with Crippen LogP contribution in [0.3, 0.4) is 0 Å². The molecule has 0 radical (unpaired) electrons. The molecule has 0 aliphatic rings. The van der Waals surface area contributed by atoms with Crippen LogP contribution in [0.2, 0.25) is 0 Å². The molecule has 4 N–H and O–H groups in total. The first kappa shape index (κ1) is 19.5. The van der Waals surface area contributed by atoms with Crippen LogP contribution in [0, 0.1) is 6.92 Å². The quantitative estimate of drug-likeness (QED) is 0.739. The first-order valence-corrected chi connectivity index (χ1v) is 7.72. The molecule has 3 amide bonds. The minimum absolute atomic E-state index is 0.0261. The summed E-state index contributed by atoms with van der Waals surface area (Å²) in [7, 11) is 0. The summed E-state index contributed by atoms with van der Waals surface area (Å²) < 4.78 is 5.15. The zero-order valence-electron chi connectivity index (χ0n) is 14.5. The van der Waals surface area contributed by atoms with E-state index in [1.807, 2.05) is 19.1 Å². The Bertz CT molecular complexity index is 608. The van der Waals surface area contributed by atoms with E-state index in [2.05, 4.69) is 10.6 Å². The summed E-state index contributed by atoms with van der Waals surface area (Å²) in [6, 6.07) is 6.33. The molecule has 132 valence electrons. The van der Waals surface area contributed by atoms with E-state index in [9.17, 15) is 14.4 Å². The summed E-state index contributed by atoms with van der Waals surface area (Å²) in [5.74, 6) is -0.984. The molecule has 0 heterocycles. The summed E-state index contributed by atoms with van der Waals surface area (Å²) in [4.78, 5) is 35.3. The number of nitrogens with one attached hydrogen (secondary N) is 2. The standard InChI is InChI=1S/C17H25N3O4/c1-11-6-5-7-12(10-11)19-15(22)13(8-9-14(18)21)20-16(23)24-17(2,3)4/h5-7,10,13H,8-9H2,1-4H3,(H2,18,21)(H,19,22)(H,20,23). The average Bonchev–Trinajstić information content (AvgIpc) is 2.41. The number of amides is 3. The lowest BCUT2D eigenvalue weighted by Gasteiger charge is -2.23. The van der Waals surface area contributed by atoms with E-state index in [1.54, 1.807) is 32.9 Å². The Balaban J connectivity index is 2.77. The van der Waals surface area contributed by atoms with Crippen molar-refractivity contribution in [3.05, 3.63) is 29.8 Å². The Morgan fingerprint density at radius 1 is 1.25 bits per heavy atom. The Morgan fingerprint density at radius 3 is 2.46 bits per heavy atom. The Hall–Kier alpha value is -2.57. The molecule has 7 nitrogen and oxygen atoms in total. The number of primary amides is 1. The van der Waals surface area contributed by atoms with Crippen molar-refractivity contribution >= 4 is 23.6 Å². The molecule has 1 rings (SSSR count). The van der Waals surface area contributed by atoms with Crippen molar-refractivity contribution in [2.24, 2.45) is 5.73 Å². The number of benzene rings is 1. The minimum Gasteiger partial charge on any atom is -0.444 e. The monoisotopic (exact) mass is 335 g/mol. The third-order valence-electron chi connectivity index (χ3n) is 2.97. The highest BCUT2D eigenvalue weighted by molar-refractivity contribution is 5.96. The SMILES string of the molecule is Cc1cccc(NC(=O)C(CCC(N)=O)NC(=O)OC(C)(C)C)c1. The lowest BCUT2D eigenvalue weighted by atomic mass is 10.1. The van der Waals surface area contributed by atoms with E-state index < -0.39 is 29.6 Å². The van der Waals surface area contributed by atoms with Gasteiger partial charge in [-0.3, -0.25) is 9.59 Å². The molecule has 0 fully saturated rings. The molecule has 0 spiro atoms. The van der Waals surface area contributed by atoms with Gasteiger partial charge < -0.3 is 21.1 Å². The van der Waals surface area contributed by atoms with Crippen molar-refractivity contribution in [3.63, 3.8) is 0 Å². The predicted molar refractivity (Wildman–Crippen MR) is 91.4 cm³/mol. The maximum Gasteiger partial charge on any atom is 0.408 e. The van der Waals surface area contributed by atoms with E-state index in [0.29, 0.717) is 5.69 Å². The number of aryl methyl sites for hydroxylation is 1. The fraction of sp³-hybridized carbons (Fsp3) is 0.471. The van der Waals surface area contributed by atoms with Crippen LogP contribution < -0.4 is 16.4 Å². The number of alkyl carbamates (subject to hydrolysis) is 1. The summed E-state index contributed by atoms with van der Waals surface area (Å²) in [5.41, 5.74) is 6.04. The van der Waals surface area contributed by atoms with Crippen LogP contribution in [0.15, 0.2) is 24.3 Å². The Labute approximate surface area is 141 Å².